The van der Waals surface area contributed by atoms with E-state index in [0.29, 0.717) is 6.04 Å². The highest BCUT2D eigenvalue weighted by molar-refractivity contribution is 5.94. The van der Waals surface area contributed by atoms with Crippen molar-refractivity contribution in [3.8, 4) is 5.75 Å². The summed E-state index contributed by atoms with van der Waals surface area (Å²) in [6.07, 6.45) is 8.45. The third-order valence-electron chi connectivity index (χ3n) is 5.41. The van der Waals surface area contributed by atoms with Crippen LogP contribution in [0.1, 0.15) is 43.4 Å². The Morgan fingerprint density at radius 3 is 2.79 bits per heavy atom. The summed E-state index contributed by atoms with van der Waals surface area (Å²) in [6, 6.07) is 6.83. The number of hydrogen-bond donors (Lipinski definition) is 2. The summed E-state index contributed by atoms with van der Waals surface area (Å²) in [5.74, 6) is 0.909. The molecule has 1 aliphatic heterocycles. The number of ether oxygens (including phenoxy) is 1. The Kier molecular flexibility index (Phi) is 4.56. The molecule has 128 valence electrons. The minimum absolute atomic E-state index is 0.551. The number of piperidine rings is 1. The Balaban J connectivity index is 1.83. The second-order valence-electron chi connectivity index (χ2n) is 7.02. The lowest BCUT2D eigenvalue weighted by molar-refractivity contribution is 0.415. The number of rotatable bonds is 3. The van der Waals surface area contributed by atoms with Crippen LogP contribution in [0.4, 0.5) is 5.69 Å². The van der Waals surface area contributed by atoms with Crippen LogP contribution in [0.15, 0.2) is 18.2 Å². The number of aromatic nitrogens is 1. The average molecular weight is 325 g/mol. The van der Waals surface area contributed by atoms with Crippen LogP contribution in [0.3, 0.4) is 0 Å². The Bertz CT molecular complexity index is 722. The summed E-state index contributed by atoms with van der Waals surface area (Å²) in [7, 11) is 1.73. The van der Waals surface area contributed by atoms with Gasteiger partial charge < -0.3 is 15.4 Å². The molecule has 4 nitrogen and oxygen atoms in total. The van der Waals surface area contributed by atoms with Gasteiger partial charge in [0.15, 0.2) is 0 Å². The van der Waals surface area contributed by atoms with Crippen LogP contribution >= 0.6 is 0 Å². The van der Waals surface area contributed by atoms with Gasteiger partial charge in [-0.3, -0.25) is 4.98 Å². The summed E-state index contributed by atoms with van der Waals surface area (Å²) in [5.41, 5.74) is 5.17. The number of pyridine rings is 1. The minimum Gasteiger partial charge on any atom is -0.497 e. The average Bonchev–Trinajstić information content (AvgIpc) is 2.87. The first-order chi connectivity index (χ1) is 11.8. The maximum atomic E-state index is 5.47. The minimum atomic E-state index is 0.551. The van der Waals surface area contributed by atoms with E-state index in [1.807, 2.05) is 6.07 Å². The monoisotopic (exact) mass is 325 g/mol. The summed E-state index contributed by atoms with van der Waals surface area (Å²) in [4.78, 5) is 5.00. The second-order valence-corrected chi connectivity index (χ2v) is 7.02. The maximum absolute atomic E-state index is 5.47. The van der Waals surface area contributed by atoms with Gasteiger partial charge in [0, 0.05) is 22.8 Å². The fourth-order valence-electron chi connectivity index (χ4n) is 4.04. The third-order valence-corrected chi connectivity index (χ3v) is 5.41. The molecule has 0 radical (unpaired) electrons. The first-order valence-electron chi connectivity index (χ1n) is 9.32. The molecule has 1 fully saturated rings. The van der Waals surface area contributed by atoms with E-state index < -0.39 is 0 Å². The van der Waals surface area contributed by atoms with E-state index in [4.69, 9.17) is 9.72 Å². The molecule has 2 heterocycles. The maximum Gasteiger partial charge on any atom is 0.119 e. The number of hydrogen-bond acceptors (Lipinski definition) is 4. The first kappa shape index (κ1) is 15.7. The molecule has 1 aromatic heterocycles. The van der Waals surface area contributed by atoms with Crippen molar-refractivity contribution >= 4 is 16.6 Å². The second kappa shape index (κ2) is 6.98. The molecule has 24 heavy (non-hydrogen) atoms. The lowest BCUT2D eigenvalue weighted by Gasteiger charge is -2.27. The van der Waals surface area contributed by atoms with Crippen molar-refractivity contribution in [1.82, 2.24) is 10.3 Å². The number of methoxy groups -OCH3 is 1. The predicted molar refractivity (Wildman–Crippen MR) is 99.1 cm³/mol. The Morgan fingerprint density at radius 2 is 1.96 bits per heavy atom. The van der Waals surface area contributed by atoms with Crippen molar-refractivity contribution < 1.29 is 4.74 Å². The van der Waals surface area contributed by atoms with Gasteiger partial charge in [-0.25, -0.2) is 0 Å². The van der Waals surface area contributed by atoms with Crippen molar-refractivity contribution in [1.29, 1.82) is 0 Å². The molecule has 2 N–H and O–H groups in total. The zero-order valence-corrected chi connectivity index (χ0v) is 14.5. The van der Waals surface area contributed by atoms with Gasteiger partial charge in [-0.1, -0.05) is 6.42 Å². The Morgan fingerprint density at radius 1 is 1.12 bits per heavy atom. The fourth-order valence-corrected chi connectivity index (χ4v) is 4.04. The van der Waals surface area contributed by atoms with E-state index in [1.165, 1.54) is 54.4 Å². The van der Waals surface area contributed by atoms with Crippen molar-refractivity contribution in [2.24, 2.45) is 0 Å². The Hall–Kier alpha value is -1.81. The van der Waals surface area contributed by atoms with Crippen molar-refractivity contribution in [3.05, 3.63) is 29.5 Å². The zero-order valence-electron chi connectivity index (χ0n) is 14.5. The van der Waals surface area contributed by atoms with Crippen molar-refractivity contribution in [2.45, 2.75) is 51.0 Å². The summed E-state index contributed by atoms with van der Waals surface area (Å²) >= 11 is 0. The molecule has 1 saturated heterocycles. The van der Waals surface area contributed by atoms with Crippen LogP contribution < -0.4 is 15.4 Å². The van der Waals surface area contributed by atoms with Crippen LogP contribution in [-0.4, -0.2) is 31.2 Å². The highest BCUT2D eigenvalue weighted by atomic mass is 16.5. The molecule has 0 saturated carbocycles. The lowest BCUT2D eigenvalue weighted by Crippen LogP contribution is -2.35. The quantitative estimate of drug-likeness (QED) is 0.845. The van der Waals surface area contributed by atoms with Gasteiger partial charge in [-0.15, -0.1) is 0 Å². The molecule has 0 unspecified atom stereocenters. The molecule has 0 amide bonds. The summed E-state index contributed by atoms with van der Waals surface area (Å²) in [6.45, 7) is 2.21. The van der Waals surface area contributed by atoms with Crippen LogP contribution in [0.2, 0.25) is 0 Å². The van der Waals surface area contributed by atoms with E-state index >= 15 is 0 Å². The van der Waals surface area contributed by atoms with Gasteiger partial charge in [0.25, 0.3) is 0 Å². The van der Waals surface area contributed by atoms with Gasteiger partial charge >= 0.3 is 0 Å². The van der Waals surface area contributed by atoms with E-state index in [0.717, 1.165) is 37.2 Å². The number of aryl methyl sites for hydroxylation is 1. The van der Waals surface area contributed by atoms with Gasteiger partial charge in [0.2, 0.25) is 0 Å². The molecule has 4 rings (SSSR count). The summed E-state index contributed by atoms with van der Waals surface area (Å²) in [5, 5.41) is 8.57. The normalized spacial score (nSPS) is 18.9. The first-order valence-corrected chi connectivity index (χ1v) is 9.32. The number of anilines is 1. The predicted octanol–water partition coefficient (Wildman–Crippen LogP) is 3.68. The molecule has 0 bridgehead atoms. The smallest absolute Gasteiger partial charge is 0.119 e. The van der Waals surface area contributed by atoms with Gasteiger partial charge in [0.05, 0.1) is 12.6 Å². The molecule has 1 aromatic carbocycles. The molecular formula is C20H27N3O. The molecule has 0 atom stereocenters. The van der Waals surface area contributed by atoms with E-state index in [1.54, 1.807) is 7.11 Å². The molecule has 1 aliphatic carbocycles. The number of benzene rings is 1. The SMILES string of the molecule is COc1ccc2nc3c(c(NC4CCNCC4)c2c1)CCCCC3. The number of nitrogens with one attached hydrogen (secondary N) is 2. The van der Waals surface area contributed by atoms with Crippen LogP contribution in [-0.2, 0) is 12.8 Å². The standard InChI is InChI=1S/C20H27N3O/c1-24-15-7-8-19-17(13-15)20(22-14-9-11-21-12-10-14)16-5-3-2-4-6-18(16)23-19/h7-8,13-14,21H,2-6,9-12H2,1H3,(H,22,23). The Labute approximate surface area is 144 Å². The van der Waals surface area contributed by atoms with E-state index in [9.17, 15) is 0 Å². The largest absolute Gasteiger partial charge is 0.497 e. The van der Waals surface area contributed by atoms with E-state index in [-0.39, 0.29) is 0 Å². The topological polar surface area (TPSA) is 46.2 Å². The lowest BCUT2D eigenvalue weighted by atomic mass is 9.99. The molecule has 4 heteroatoms. The van der Waals surface area contributed by atoms with E-state index in [2.05, 4.69) is 22.8 Å². The number of fused-ring (bicyclic) bond motifs is 2. The highest BCUT2D eigenvalue weighted by Crippen LogP contribution is 2.35. The molecule has 2 aliphatic rings. The summed E-state index contributed by atoms with van der Waals surface area (Å²) < 4.78 is 5.47. The van der Waals surface area contributed by atoms with Crippen LogP contribution in [0, 0.1) is 0 Å². The molecule has 0 spiro atoms. The van der Waals surface area contributed by atoms with Gasteiger partial charge in [0.1, 0.15) is 5.75 Å². The van der Waals surface area contributed by atoms with Crippen LogP contribution in [0.25, 0.3) is 10.9 Å². The van der Waals surface area contributed by atoms with Crippen molar-refractivity contribution in [3.63, 3.8) is 0 Å². The van der Waals surface area contributed by atoms with Gasteiger partial charge in [-0.05, 0) is 75.4 Å². The molecular weight excluding hydrogens is 298 g/mol. The zero-order chi connectivity index (χ0) is 16.4. The van der Waals surface area contributed by atoms with Gasteiger partial charge in [-0.2, -0.15) is 0 Å². The third kappa shape index (κ3) is 3.07. The number of nitrogens with zero attached hydrogens (tertiary/aromatic N) is 1. The molecule has 2 aromatic rings. The van der Waals surface area contributed by atoms with Crippen LogP contribution in [0.5, 0.6) is 5.75 Å². The van der Waals surface area contributed by atoms with Crippen molar-refractivity contribution in [2.75, 3.05) is 25.5 Å². The highest BCUT2D eigenvalue weighted by Gasteiger charge is 2.21. The fraction of sp³-hybridized carbons (Fsp3) is 0.550.